The minimum atomic E-state index is -0.326. The van der Waals surface area contributed by atoms with E-state index in [0.717, 1.165) is 43.9 Å². The van der Waals surface area contributed by atoms with Crippen LogP contribution in [0.25, 0.3) is 11.1 Å². The molecule has 30 heavy (non-hydrogen) atoms. The Morgan fingerprint density at radius 2 is 1.87 bits per heavy atom. The summed E-state index contributed by atoms with van der Waals surface area (Å²) in [6, 6.07) is 13.8. The van der Waals surface area contributed by atoms with Gasteiger partial charge < -0.3 is 14.1 Å². The monoisotopic (exact) mass is 405 g/mol. The molecule has 0 spiro atoms. The molecule has 1 aromatic carbocycles. The van der Waals surface area contributed by atoms with E-state index in [-0.39, 0.29) is 12.1 Å². The van der Waals surface area contributed by atoms with E-state index >= 15 is 0 Å². The molecule has 6 heteroatoms. The number of carbonyl (C=O) groups is 1. The first kappa shape index (κ1) is 20.2. The fraction of sp³-hybridized carbons (Fsp3) is 0.333. The second-order valence-electron chi connectivity index (χ2n) is 7.77. The number of carbonyl (C=O) groups excluding carboxylic acids is 1. The van der Waals surface area contributed by atoms with Crippen LogP contribution in [0.2, 0.25) is 0 Å². The Bertz CT molecular complexity index is 963. The molecule has 0 N–H and O–H groups in total. The molecule has 2 aromatic heterocycles. The average Bonchev–Trinajstić information content (AvgIpc) is 3.27. The van der Waals surface area contributed by atoms with Gasteiger partial charge in [0.25, 0.3) is 0 Å². The topological polar surface area (TPSA) is 58.8 Å². The molecular formula is C24H27N3O3. The van der Waals surface area contributed by atoms with Crippen LogP contribution >= 0.6 is 0 Å². The fourth-order valence-corrected chi connectivity index (χ4v) is 3.78. The van der Waals surface area contributed by atoms with Gasteiger partial charge in [-0.05, 0) is 31.5 Å². The molecule has 3 aromatic rings. The van der Waals surface area contributed by atoms with Crippen molar-refractivity contribution >= 4 is 11.8 Å². The molecule has 0 unspecified atom stereocenters. The molecule has 6 nitrogen and oxygen atoms in total. The standard InChI is InChI=1S/C24H27N3O3/c1-18(2)30-24(28)22-21(20-6-4-3-5-7-20)8-10-25-23(22)27-13-11-26(12-14-27)16-19-9-15-29-17-19/h3-10,15,17-18H,11-14,16H2,1-2H3. The van der Waals surface area contributed by atoms with Crippen molar-refractivity contribution in [1.82, 2.24) is 9.88 Å². The molecule has 0 aliphatic carbocycles. The third-order valence-corrected chi connectivity index (χ3v) is 5.22. The third-order valence-electron chi connectivity index (χ3n) is 5.22. The molecule has 0 atom stereocenters. The Morgan fingerprint density at radius 3 is 2.53 bits per heavy atom. The van der Waals surface area contributed by atoms with Gasteiger partial charge >= 0.3 is 5.97 Å². The number of nitrogens with zero attached hydrogens (tertiary/aromatic N) is 3. The molecule has 4 rings (SSSR count). The molecule has 0 radical (unpaired) electrons. The second-order valence-corrected chi connectivity index (χ2v) is 7.77. The van der Waals surface area contributed by atoms with Gasteiger partial charge in [0, 0.05) is 50.0 Å². The Balaban J connectivity index is 1.60. The van der Waals surface area contributed by atoms with Gasteiger partial charge in [0.2, 0.25) is 0 Å². The summed E-state index contributed by atoms with van der Waals surface area (Å²) in [4.78, 5) is 22.3. The maximum atomic E-state index is 13.1. The van der Waals surface area contributed by atoms with Gasteiger partial charge in [-0.2, -0.15) is 0 Å². The van der Waals surface area contributed by atoms with Gasteiger partial charge in [-0.15, -0.1) is 0 Å². The van der Waals surface area contributed by atoms with Crippen molar-refractivity contribution in [1.29, 1.82) is 0 Å². The predicted molar refractivity (Wildman–Crippen MR) is 116 cm³/mol. The summed E-state index contributed by atoms with van der Waals surface area (Å²) in [5, 5.41) is 0. The van der Waals surface area contributed by atoms with Crippen LogP contribution in [0.1, 0.15) is 29.8 Å². The highest BCUT2D eigenvalue weighted by Crippen LogP contribution is 2.31. The Labute approximate surface area is 177 Å². The molecule has 1 fully saturated rings. The first-order valence-electron chi connectivity index (χ1n) is 10.4. The average molecular weight is 405 g/mol. The number of ether oxygens (including phenoxy) is 1. The summed E-state index contributed by atoms with van der Waals surface area (Å²) in [5.41, 5.74) is 3.55. The number of piperazine rings is 1. The number of aromatic nitrogens is 1. The van der Waals surface area contributed by atoms with Crippen molar-refractivity contribution in [2.45, 2.75) is 26.5 Å². The normalized spacial score (nSPS) is 14.8. The molecule has 1 aliphatic heterocycles. The molecule has 0 saturated carbocycles. The van der Waals surface area contributed by atoms with Crippen LogP contribution in [0.3, 0.4) is 0 Å². The maximum Gasteiger partial charge on any atom is 0.342 e. The van der Waals surface area contributed by atoms with Crippen molar-refractivity contribution in [3.63, 3.8) is 0 Å². The molecule has 156 valence electrons. The highest BCUT2D eigenvalue weighted by atomic mass is 16.5. The van der Waals surface area contributed by atoms with E-state index in [2.05, 4.69) is 14.8 Å². The predicted octanol–water partition coefficient (Wildman–Crippen LogP) is 4.23. The summed E-state index contributed by atoms with van der Waals surface area (Å²) in [6.45, 7) is 7.97. The zero-order valence-electron chi connectivity index (χ0n) is 17.5. The van der Waals surface area contributed by atoms with E-state index in [9.17, 15) is 4.79 Å². The number of hydrogen-bond acceptors (Lipinski definition) is 6. The number of pyridine rings is 1. The van der Waals surface area contributed by atoms with E-state index in [1.54, 1.807) is 18.7 Å². The lowest BCUT2D eigenvalue weighted by Crippen LogP contribution is -2.46. The van der Waals surface area contributed by atoms with E-state index < -0.39 is 0 Å². The fourth-order valence-electron chi connectivity index (χ4n) is 3.78. The summed E-state index contributed by atoms with van der Waals surface area (Å²) >= 11 is 0. The molecular weight excluding hydrogens is 378 g/mol. The summed E-state index contributed by atoms with van der Waals surface area (Å²) in [6.07, 6.45) is 5.08. The van der Waals surface area contributed by atoms with Gasteiger partial charge in [-0.3, -0.25) is 4.90 Å². The third kappa shape index (κ3) is 4.54. The summed E-state index contributed by atoms with van der Waals surface area (Å²) in [7, 11) is 0. The quantitative estimate of drug-likeness (QED) is 0.572. The first-order chi connectivity index (χ1) is 14.6. The number of anilines is 1. The number of esters is 1. The minimum Gasteiger partial charge on any atom is -0.472 e. The van der Waals surface area contributed by atoms with Crippen LogP contribution < -0.4 is 4.90 Å². The molecule has 0 bridgehead atoms. The highest BCUT2D eigenvalue weighted by molar-refractivity contribution is 6.02. The van der Waals surface area contributed by atoms with E-state index in [4.69, 9.17) is 9.15 Å². The zero-order valence-corrected chi connectivity index (χ0v) is 17.5. The number of benzene rings is 1. The SMILES string of the molecule is CC(C)OC(=O)c1c(-c2ccccc2)ccnc1N1CCN(Cc2ccoc2)CC1. The maximum absolute atomic E-state index is 13.1. The van der Waals surface area contributed by atoms with E-state index in [1.807, 2.05) is 56.3 Å². The Morgan fingerprint density at radius 1 is 1.10 bits per heavy atom. The highest BCUT2D eigenvalue weighted by Gasteiger charge is 2.27. The van der Waals surface area contributed by atoms with Crippen molar-refractivity contribution in [2.75, 3.05) is 31.1 Å². The Kier molecular flexibility index (Phi) is 6.14. The Hall–Kier alpha value is -3.12. The minimum absolute atomic E-state index is 0.194. The molecule has 0 amide bonds. The van der Waals surface area contributed by atoms with E-state index in [0.29, 0.717) is 11.4 Å². The van der Waals surface area contributed by atoms with Crippen LogP contribution in [-0.2, 0) is 11.3 Å². The first-order valence-corrected chi connectivity index (χ1v) is 10.4. The van der Waals surface area contributed by atoms with Crippen molar-refractivity contribution in [3.8, 4) is 11.1 Å². The van der Waals surface area contributed by atoms with E-state index in [1.165, 1.54) is 5.56 Å². The van der Waals surface area contributed by atoms with Crippen LogP contribution in [-0.4, -0.2) is 48.1 Å². The van der Waals surface area contributed by atoms with Gasteiger partial charge in [0.15, 0.2) is 0 Å². The smallest absolute Gasteiger partial charge is 0.342 e. The van der Waals surface area contributed by atoms with Crippen LogP contribution in [0.4, 0.5) is 5.82 Å². The van der Waals surface area contributed by atoms with Gasteiger partial charge in [-0.1, -0.05) is 30.3 Å². The largest absolute Gasteiger partial charge is 0.472 e. The zero-order chi connectivity index (χ0) is 20.9. The van der Waals surface area contributed by atoms with Crippen molar-refractivity contribution < 1.29 is 13.9 Å². The van der Waals surface area contributed by atoms with Gasteiger partial charge in [0.05, 0.1) is 18.6 Å². The van der Waals surface area contributed by atoms with Crippen molar-refractivity contribution in [3.05, 3.63) is 72.3 Å². The second kappa shape index (κ2) is 9.13. The molecule has 3 heterocycles. The summed E-state index contributed by atoms with van der Waals surface area (Å²) in [5.74, 6) is 0.373. The van der Waals surface area contributed by atoms with Gasteiger partial charge in [-0.25, -0.2) is 9.78 Å². The number of hydrogen-bond donors (Lipinski definition) is 0. The number of rotatable bonds is 6. The van der Waals surface area contributed by atoms with Crippen molar-refractivity contribution in [2.24, 2.45) is 0 Å². The van der Waals surface area contributed by atoms with Crippen LogP contribution in [0, 0.1) is 0 Å². The number of furan rings is 1. The van der Waals surface area contributed by atoms with Gasteiger partial charge in [0.1, 0.15) is 11.4 Å². The van der Waals surface area contributed by atoms with Crippen LogP contribution in [0.15, 0.2) is 65.6 Å². The lowest BCUT2D eigenvalue weighted by molar-refractivity contribution is 0.0379. The lowest BCUT2D eigenvalue weighted by atomic mass is 10.00. The lowest BCUT2D eigenvalue weighted by Gasteiger charge is -2.36. The van der Waals surface area contributed by atoms with Crippen LogP contribution in [0.5, 0.6) is 0 Å². The molecule has 1 saturated heterocycles. The summed E-state index contributed by atoms with van der Waals surface area (Å²) < 4.78 is 10.8. The molecule has 1 aliphatic rings.